The average Bonchev–Trinajstić information content (AvgIpc) is 3.09. The molecule has 1 radical (unpaired) electrons. The molecule has 0 heterocycles. The number of unbranched alkanes of at least 4 members (excludes halogenated alkanes) is 8. The molecule has 8 nitrogen and oxygen atoms in total. The van der Waals surface area contributed by atoms with Crippen LogP contribution in [0.25, 0.3) is 11.1 Å². The molecule has 0 bridgehead atoms. The number of carbonyl (C=O) groups excluding carboxylic acids is 3. The highest BCUT2D eigenvalue weighted by atomic mass is 28.4. The van der Waals surface area contributed by atoms with Gasteiger partial charge in [-0.25, -0.2) is 14.4 Å². The number of hydrogen-bond acceptors (Lipinski definition) is 8. The zero-order valence-corrected chi connectivity index (χ0v) is 32.8. The van der Waals surface area contributed by atoms with Crippen molar-refractivity contribution >= 4 is 35.3 Å². The van der Waals surface area contributed by atoms with E-state index in [0.717, 1.165) is 29.7 Å². The molecule has 50 heavy (non-hydrogen) atoms. The highest BCUT2D eigenvalue weighted by Gasteiger charge is 2.23. The topological polar surface area (TPSA) is 97.4 Å². The number of rotatable bonds is 22. The molecule has 3 aromatic rings. The third kappa shape index (κ3) is 15.0. The van der Waals surface area contributed by atoms with Gasteiger partial charge in [-0.1, -0.05) is 75.6 Å². The third-order valence-corrected chi connectivity index (χ3v) is 13.6. The normalized spacial score (nSPS) is 12.0. The van der Waals surface area contributed by atoms with Gasteiger partial charge in [0.05, 0.1) is 24.3 Å². The van der Waals surface area contributed by atoms with Crippen molar-refractivity contribution in [3.8, 4) is 22.6 Å². The van der Waals surface area contributed by atoms with Crippen molar-refractivity contribution in [3.05, 3.63) is 83.9 Å². The van der Waals surface area contributed by atoms with E-state index in [1.54, 1.807) is 67.6 Å². The quantitative estimate of drug-likeness (QED) is 0.0438. The molecule has 3 rings (SSSR count). The predicted molar refractivity (Wildman–Crippen MR) is 203 cm³/mol. The number of hydrogen-bond donors (Lipinski definition) is 0. The zero-order chi connectivity index (χ0) is 36.4. The Bertz CT molecular complexity index is 1450. The fraction of sp³-hybridized carbons (Fsp3) is 0.475. The molecule has 10 heteroatoms. The second-order valence-corrected chi connectivity index (χ2v) is 20.0. The lowest BCUT2D eigenvalue weighted by molar-refractivity contribution is -0.152. The van der Waals surface area contributed by atoms with Gasteiger partial charge in [0.15, 0.2) is 23.5 Å². The van der Waals surface area contributed by atoms with Crippen LogP contribution in [0.2, 0.25) is 32.2 Å². The first kappa shape index (κ1) is 40.7. The van der Waals surface area contributed by atoms with E-state index < -0.39 is 41.4 Å². The highest BCUT2D eigenvalue weighted by molar-refractivity contribution is 6.77. The molecule has 0 saturated heterocycles. The van der Waals surface area contributed by atoms with Gasteiger partial charge < -0.3 is 23.1 Å². The van der Waals surface area contributed by atoms with Crippen LogP contribution in [0.3, 0.4) is 0 Å². The van der Waals surface area contributed by atoms with E-state index in [-0.39, 0.29) is 6.61 Å². The molecule has 0 saturated carbocycles. The van der Waals surface area contributed by atoms with E-state index in [9.17, 15) is 14.4 Å². The first-order chi connectivity index (χ1) is 24.0. The largest absolute Gasteiger partial charge is 0.494 e. The lowest BCUT2D eigenvalue weighted by atomic mass is 10.0. The molecule has 3 aromatic carbocycles. The van der Waals surface area contributed by atoms with Crippen LogP contribution in [0.1, 0.15) is 92.4 Å². The van der Waals surface area contributed by atoms with Gasteiger partial charge in [-0.05, 0) is 112 Å². The van der Waals surface area contributed by atoms with Gasteiger partial charge in [-0.2, -0.15) is 0 Å². The fourth-order valence-electron chi connectivity index (χ4n) is 5.59. The van der Waals surface area contributed by atoms with E-state index in [1.807, 2.05) is 12.1 Å². The van der Waals surface area contributed by atoms with Gasteiger partial charge in [0.2, 0.25) is 0 Å². The van der Waals surface area contributed by atoms with Crippen LogP contribution >= 0.6 is 0 Å². The maximum absolute atomic E-state index is 12.7. The van der Waals surface area contributed by atoms with E-state index in [4.69, 9.17) is 23.1 Å². The molecule has 0 aliphatic carbocycles. The summed E-state index contributed by atoms with van der Waals surface area (Å²) in [6.45, 7) is 13.2. The molecule has 0 spiro atoms. The van der Waals surface area contributed by atoms with Crippen molar-refractivity contribution in [1.82, 2.24) is 0 Å². The summed E-state index contributed by atoms with van der Waals surface area (Å²) in [7, 11) is -2.01. The zero-order valence-electron chi connectivity index (χ0n) is 30.8. The summed E-state index contributed by atoms with van der Waals surface area (Å²) in [6, 6.07) is 22.3. The molecular weight excluding hydrogens is 665 g/mol. The Kier molecular flexibility index (Phi) is 17.5. The maximum Gasteiger partial charge on any atom is 0.347 e. The molecular formula is C40H55O8Si2. The first-order valence-electron chi connectivity index (χ1n) is 18.0. The number of ether oxygens (including phenoxy) is 4. The van der Waals surface area contributed by atoms with Gasteiger partial charge in [-0.15, -0.1) is 0 Å². The molecule has 271 valence electrons. The van der Waals surface area contributed by atoms with Crippen LogP contribution in [-0.4, -0.2) is 54.6 Å². The van der Waals surface area contributed by atoms with E-state index >= 15 is 0 Å². The highest BCUT2D eigenvalue weighted by Crippen LogP contribution is 2.24. The van der Waals surface area contributed by atoms with Crippen LogP contribution in [0.15, 0.2) is 72.8 Å². The predicted octanol–water partition coefficient (Wildman–Crippen LogP) is 10.0. The molecule has 1 unspecified atom stereocenters. The summed E-state index contributed by atoms with van der Waals surface area (Å²) in [5, 5.41) is 0. The van der Waals surface area contributed by atoms with Crippen LogP contribution in [-0.2, 0) is 18.4 Å². The average molecular weight is 720 g/mol. The lowest BCUT2D eigenvalue weighted by Crippen LogP contribution is -2.34. The summed E-state index contributed by atoms with van der Waals surface area (Å²) >= 11 is 0. The Hall–Kier alpha value is -3.74. The molecule has 0 aliphatic rings. The number of esters is 3. The van der Waals surface area contributed by atoms with Crippen molar-refractivity contribution in [2.75, 3.05) is 13.2 Å². The Labute approximate surface area is 301 Å². The van der Waals surface area contributed by atoms with Crippen LogP contribution in [0, 0.1) is 0 Å². The monoisotopic (exact) mass is 719 g/mol. The van der Waals surface area contributed by atoms with Gasteiger partial charge in [-0.3, -0.25) is 0 Å². The summed E-state index contributed by atoms with van der Waals surface area (Å²) in [5.41, 5.74) is 2.51. The Morgan fingerprint density at radius 2 is 1.14 bits per heavy atom. The minimum absolute atomic E-state index is 0.216. The molecule has 0 fully saturated rings. The number of carbonyl (C=O) groups is 3. The van der Waals surface area contributed by atoms with Crippen LogP contribution in [0.5, 0.6) is 11.5 Å². The molecule has 0 aromatic heterocycles. The van der Waals surface area contributed by atoms with Crippen molar-refractivity contribution in [1.29, 1.82) is 0 Å². The van der Waals surface area contributed by atoms with Crippen molar-refractivity contribution in [2.24, 2.45) is 0 Å². The molecule has 0 N–H and O–H groups in total. The molecule has 1 atom stereocenters. The lowest BCUT2D eigenvalue weighted by Gasteiger charge is -2.25. The van der Waals surface area contributed by atoms with Crippen molar-refractivity contribution in [3.63, 3.8) is 0 Å². The Balaban J connectivity index is 1.30. The van der Waals surface area contributed by atoms with Crippen molar-refractivity contribution < 1.29 is 37.4 Å². The Morgan fingerprint density at radius 1 is 0.660 bits per heavy atom. The van der Waals surface area contributed by atoms with Crippen molar-refractivity contribution in [2.45, 2.75) is 110 Å². The maximum atomic E-state index is 12.7. The first-order valence-corrected chi connectivity index (χ1v) is 23.5. The Morgan fingerprint density at radius 3 is 1.70 bits per heavy atom. The second kappa shape index (κ2) is 21.5. The minimum Gasteiger partial charge on any atom is -0.494 e. The number of benzene rings is 3. The van der Waals surface area contributed by atoms with Gasteiger partial charge in [0.1, 0.15) is 11.5 Å². The summed E-state index contributed by atoms with van der Waals surface area (Å²) in [4.78, 5) is 36.8. The standard InChI is InChI=1S/C40H55O8Si2/c1-7-44-38(41)31(2)46-39(42)34-19-17-32(18-20-34)33-21-27-37(28-22-33)47-40(43)35-23-25-36(26-24-35)45-29-15-13-11-9-8-10-12-14-16-30-50(5,6)48-49(3)4/h17-28,31H,7-16,29-30H2,1-6H3. The SMILES string of the molecule is CCOC(=O)C(C)OC(=O)c1ccc(-c2ccc(OC(=O)c3ccc(OCCCCCCCCCCC[Si](C)(C)O[Si](C)C)cc3)cc2)cc1. The van der Waals surface area contributed by atoms with E-state index in [0.29, 0.717) is 23.5 Å². The van der Waals surface area contributed by atoms with E-state index in [1.165, 1.54) is 57.9 Å². The second-order valence-electron chi connectivity index (χ2n) is 13.4. The van der Waals surface area contributed by atoms with Crippen LogP contribution in [0.4, 0.5) is 0 Å². The molecule has 0 aliphatic heterocycles. The smallest absolute Gasteiger partial charge is 0.347 e. The van der Waals surface area contributed by atoms with E-state index in [2.05, 4.69) is 26.2 Å². The fourth-order valence-corrected chi connectivity index (χ4v) is 11.5. The van der Waals surface area contributed by atoms with Crippen LogP contribution < -0.4 is 9.47 Å². The van der Waals surface area contributed by atoms with Gasteiger partial charge in [0, 0.05) is 0 Å². The van der Waals surface area contributed by atoms with Gasteiger partial charge in [0.25, 0.3) is 0 Å². The summed E-state index contributed by atoms with van der Waals surface area (Å²) in [6.07, 6.45) is 10.3. The molecule has 0 amide bonds. The summed E-state index contributed by atoms with van der Waals surface area (Å²) < 4.78 is 27.7. The van der Waals surface area contributed by atoms with Gasteiger partial charge >= 0.3 is 17.9 Å². The summed E-state index contributed by atoms with van der Waals surface area (Å²) in [5.74, 6) is -0.475. The third-order valence-electron chi connectivity index (χ3n) is 8.18. The minimum atomic E-state index is -1.43.